The van der Waals surface area contributed by atoms with Gasteiger partial charge < -0.3 is 24.6 Å². The lowest BCUT2D eigenvalue weighted by atomic mass is 9.89. The number of rotatable bonds is 4. The molecule has 2 saturated heterocycles. The number of hydrogen-bond acceptors (Lipinski definition) is 8. The summed E-state index contributed by atoms with van der Waals surface area (Å²) >= 11 is 0. The summed E-state index contributed by atoms with van der Waals surface area (Å²) < 4.78 is 5.54. The quantitative estimate of drug-likeness (QED) is 0.333. The van der Waals surface area contributed by atoms with Crippen molar-refractivity contribution >= 4 is 22.9 Å². The molecule has 2 N–H and O–H groups in total. The van der Waals surface area contributed by atoms with E-state index in [1.54, 1.807) is 23.4 Å². The third-order valence-corrected chi connectivity index (χ3v) is 8.15. The molecule has 0 unspecified atom stereocenters. The molecule has 6 rings (SSSR count). The number of aromatic hydroxyl groups is 1. The maximum Gasteiger partial charge on any atom is 0.410 e. The zero-order chi connectivity index (χ0) is 28.6. The molecule has 1 aromatic carbocycles. The fraction of sp³-hybridized carbons (Fsp3) is 0.452. The van der Waals surface area contributed by atoms with Crippen molar-refractivity contribution in [2.45, 2.75) is 63.9 Å². The van der Waals surface area contributed by atoms with Crippen molar-refractivity contribution in [3.63, 3.8) is 0 Å². The Morgan fingerprint density at radius 3 is 2.44 bits per heavy atom. The molecule has 1 amide bonds. The van der Waals surface area contributed by atoms with Gasteiger partial charge in [0.1, 0.15) is 23.5 Å². The molecule has 2 aliphatic rings. The highest BCUT2D eigenvalue weighted by Gasteiger charge is 2.29. The van der Waals surface area contributed by atoms with E-state index in [4.69, 9.17) is 4.74 Å². The minimum atomic E-state index is -0.486. The van der Waals surface area contributed by atoms with E-state index < -0.39 is 5.60 Å². The molecule has 10 heteroatoms. The Bertz CT molecular complexity index is 1530. The Balaban J connectivity index is 1.10. The van der Waals surface area contributed by atoms with E-state index in [-0.39, 0.29) is 11.8 Å². The number of hydrogen-bond donors (Lipinski definition) is 2. The number of ether oxygens (including phenoxy) is 1. The Kier molecular flexibility index (Phi) is 7.23. The number of piperidine rings is 2. The SMILES string of the molecule is CC(C)(C)OC(=O)N1CCC(c2cc(N3CCC(c4c[nH]c5nnc(-c6ccccc6O)cc45)CC3)ncn2)CC1. The number of amides is 1. The largest absolute Gasteiger partial charge is 0.507 e. The first-order valence-electron chi connectivity index (χ1n) is 14.4. The maximum absolute atomic E-state index is 12.4. The van der Waals surface area contributed by atoms with E-state index in [2.05, 4.69) is 42.3 Å². The van der Waals surface area contributed by atoms with Gasteiger partial charge in [-0.2, -0.15) is 0 Å². The highest BCUT2D eigenvalue weighted by Crippen LogP contribution is 2.36. The first kappa shape index (κ1) is 27.0. The fourth-order valence-corrected chi connectivity index (χ4v) is 5.96. The van der Waals surface area contributed by atoms with E-state index >= 15 is 0 Å². The number of para-hydroxylation sites is 1. The number of aromatic amines is 1. The van der Waals surface area contributed by atoms with Gasteiger partial charge in [-0.05, 0) is 76.1 Å². The summed E-state index contributed by atoms with van der Waals surface area (Å²) in [5.41, 5.74) is 3.91. The second-order valence-corrected chi connectivity index (χ2v) is 12.1. The molecule has 3 aromatic heterocycles. The normalized spacial score (nSPS) is 17.2. The van der Waals surface area contributed by atoms with E-state index in [0.717, 1.165) is 61.3 Å². The van der Waals surface area contributed by atoms with Gasteiger partial charge in [0.15, 0.2) is 5.65 Å². The highest BCUT2D eigenvalue weighted by atomic mass is 16.6. The summed E-state index contributed by atoms with van der Waals surface area (Å²) in [4.78, 5) is 29.1. The maximum atomic E-state index is 12.4. The highest BCUT2D eigenvalue weighted by molar-refractivity contribution is 5.84. The molecular weight excluding hydrogens is 518 g/mol. The van der Waals surface area contributed by atoms with E-state index in [0.29, 0.717) is 36.2 Å². The summed E-state index contributed by atoms with van der Waals surface area (Å²) in [6, 6.07) is 11.4. The lowest BCUT2D eigenvalue weighted by Crippen LogP contribution is -2.41. The van der Waals surface area contributed by atoms with Crippen LogP contribution in [-0.2, 0) is 4.74 Å². The fourth-order valence-electron chi connectivity index (χ4n) is 5.96. The Morgan fingerprint density at radius 2 is 1.71 bits per heavy atom. The van der Waals surface area contributed by atoms with Crippen molar-refractivity contribution in [3.8, 4) is 17.0 Å². The molecule has 5 heterocycles. The summed E-state index contributed by atoms with van der Waals surface area (Å²) in [6.45, 7) is 8.83. The average molecular weight is 556 g/mol. The molecule has 41 heavy (non-hydrogen) atoms. The van der Waals surface area contributed by atoms with Crippen LogP contribution in [0.3, 0.4) is 0 Å². The van der Waals surface area contributed by atoms with Crippen LogP contribution in [0.15, 0.2) is 48.9 Å². The van der Waals surface area contributed by atoms with Crippen molar-refractivity contribution in [3.05, 3.63) is 60.2 Å². The number of nitrogens with zero attached hydrogens (tertiary/aromatic N) is 6. The lowest BCUT2D eigenvalue weighted by Gasteiger charge is -2.34. The predicted octanol–water partition coefficient (Wildman–Crippen LogP) is 5.62. The van der Waals surface area contributed by atoms with Crippen molar-refractivity contribution in [1.29, 1.82) is 0 Å². The Morgan fingerprint density at radius 1 is 0.976 bits per heavy atom. The van der Waals surface area contributed by atoms with Crippen molar-refractivity contribution in [1.82, 2.24) is 30.0 Å². The van der Waals surface area contributed by atoms with Crippen LogP contribution in [0.1, 0.15) is 69.5 Å². The van der Waals surface area contributed by atoms with Crippen LogP contribution in [0.2, 0.25) is 0 Å². The monoisotopic (exact) mass is 555 g/mol. The number of benzene rings is 1. The molecule has 214 valence electrons. The van der Waals surface area contributed by atoms with E-state index in [1.807, 2.05) is 39.0 Å². The van der Waals surface area contributed by atoms with E-state index in [1.165, 1.54) is 5.56 Å². The average Bonchev–Trinajstić information content (AvgIpc) is 3.40. The van der Waals surface area contributed by atoms with Crippen LogP contribution in [0.4, 0.5) is 10.6 Å². The van der Waals surface area contributed by atoms with Crippen molar-refractivity contribution < 1.29 is 14.6 Å². The van der Waals surface area contributed by atoms with Crippen molar-refractivity contribution in [2.24, 2.45) is 0 Å². The van der Waals surface area contributed by atoms with Crippen LogP contribution in [0.25, 0.3) is 22.3 Å². The standard InChI is InChI=1S/C31H37N7O3/c1-31(2,3)41-30(40)38-14-10-21(11-15-38)25-17-28(34-19-33-25)37-12-8-20(9-13-37)24-18-32-29-23(24)16-26(35-36-29)22-6-4-5-7-27(22)39/h4-7,16-21,39H,8-15H2,1-3H3,(H,32,36). The number of carbonyl (C=O) groups excluding carboxylic acids is 1. The van der Waals surface area contributed by atoms with Gasteiger partial charge in [-0.1, -0.05) is 12.1 Å². The van der Waals surface area contributed by atoms with Gasteiger partial charge in [0, 0.05) is 61.0 Å². The first-order valence-corrected chi connectivity index (χ1v) is 14.4. The number of aromatic nitrogens is 5. The van der Waals surface area contributed by atoms with Gasteiger partial charge in [-0.25, -0.2) is 14.8 Å². The van der Waals surface area contributed by atoms with Crippen molar-refractivity contribution in [2.75, 3.05) is 31.1 Å². The number of phenols is 1. The van der Waals surface area contributed by atoms with E-state index in [9.17, 15) is 9.90 Å². The second-order valence-electron chi connectivity index (χ2n) is 12.1. The minimum absolute atomic E-state index is 0.198. The first-order chi connectivity index (χ1) is 19.7. The van der Waals surface area contributed by atoms with Gasteiger partial charge in [0.2, 0.25) is 0 Å². The molecule has 0 radical (unpaired) electrons. The summed E-state index contributed by atoms with van der Waals surface area (Å²) in [5.74, 6) is 1.86. The van der Waals surface area contributed by atoms with Crippen LogP contribution in [0, 0.1) is 0 Å². The predicted molar refractivity (Wildman–Crippen MR) is 157 cm³/mol. The number of nitrogens with one attached hydrogen (secondary N) is 1. The third-order valence-electron chi connectivity index (χ3n) is 8.15. The molecule has 10 nitrogen and oxygen atoms in total. The molecule has 0 spiro atoms. The number of carbonyl (C=O) groups is 1. The summed E-state index contributed by atoms with van der Waals surface area (Å²) in [7, 11) is 0. The third kappa shape index (κ3) is 5.82. The van der Waals surface area contributed by atoms with Crippen LogP contribution < -0.4 is 4.90 Å². The molecule has 0 aliphatic carbocycles. The summed E-state index contributed by atoms with van der Waals surface area (Å²) in [5, 5.41) is 20.1. The molecule has 0 atom stereocenters. The molecule has 2 fully saturated rings. The molecule has 2 aliphatic heterocycles. The zero-order valence-electron chi connectivity index (χ0n) is 23.9. The number of phenolic OH excluding ortho intramolecular Hbond substituents is 1. The molecule has 0 bridgehead atoms. The summed E-state index contributed by atoms with van der Waals surface area (Å²) in [6.07, 6.45) is 7.22. The Labute approximate surface area is 239 Å². The van der Waals surface area contributed by atoms with Crippen LogP contribution in [0.5, 0.6) is 5.75 Å². The molecule has 4 aromatic rings. The second kappa shape index (κ2) is 11.0. The minimum Gasteiger partial charge on any atom is -0.507 e. The topological polar surface area (TPSA) is 120 Å². The van der Waals surface area contributed by atoms with Gasteiger partial charge in [0.25, 0.3) is 0 Å². The van der Waals surface area contributed by atoms with Crippen LogP contribution >= 0.6 is 0 Å². The number of anilines is 1. The molecule has 0 saturated carbocycles. The van der Waals surface area contributed by atoms with Gasteiger partial charge in [0.05, 0.1) is 5.69 Å². The Hall–Kier alpha value is -4.21. The number of fused-ring (bicyclic) bond motifs is 1. The van der Waals surface area contributed by atoms with Crippen LogP contribution in [-0.4, -0.2) is 73.0 Å². The smallest absolute Gasteiger partial charge is 0.410 e. The number of H-pyrrole nitrogens is 1. The lowest BCUT2D eigenvalue weighted by molar-refractivity contribution is 0.0204. The van der Waals surface area contributed by atoms with Gasteiger partial charge >= 0.3 is 6.09 Å². The zero-order valence-corrected chi connectivity index (χ0v) is 23.9. The van der Waals surface area contributed by atoms with Gasteiger partial charge in [-0.15, -0.1) is 10.2 Å². The molecular formula is C31H37N7O3. The number of likely N-dealkylation sites (tertiary alicyclic amines) is 1. The van der Waals surface area contributed by atoms with Gasteiger partial charge in [-0.3, -0.25) is 0 Å².